The highest BCUT2D eigenvalue weighted by Gasteiger charge is 2.28. The zero-order valence-electron chi connectivity index (χ0n) is 12.4. The van der Waals surface area contributed by atoms with E-state index in [2.05, 4.69) is 4.98 Å². The van der Waals surface area contributed by atoms with E-state index < -0.39 is 29.2 Å². The van der Waals surface area contributed by atoms with Crippen LogP contribution in [0.3, 0.4) is 0 Å². The van der Waals surface area contributed by atoms with Crippen LogP contribution >= 0.6 is 0 Å². The maximum atomic E-state index is 13.9. The quantitative estimate of drug-likeness (QED) is 0.636. The van der Waals surface area contributed by atoms with Crippen LogP contribution in [0.5, 0.6) is 5.75 Å². The number of halogens is 4. The second-order valence-electron chi connectivity index (χ2n) is 5.21. The van der Waals surface area contributed by atoms with Gasteiger partial charge in [0.05, 0.1) is 6.61 Å². The Kier molecular flexibility index (Phi) is 4.11. The van der Waals surface area contributed by atoms with Gasteiger partial charge >= 0.3 is 0 Å². The number of benzene rings is 1. The minimum absolute atomic E-state index is 0.132. The molecule has 7 heteroatoms. The molecule has 0 atom stereocenters. The van der Waals surface area contributed by atoms with Gasteiger partial charge in [0, 0.05) is 13.1 Å². The number of hydrogen-bond donors (Lipinski definition) is 0. The Hall–Kier alpha value is -2.31. The predicted molar refractivity (Wildman–Crippen MR) is 76.4 cm³/mol. The standard InChI is InChI=1S/C16H14F4N2O/c1-2-23-11-4-3-9-5-6-22(8-10(9)7-11)14-12(17)15(19)21-16(20)13(14)18/h3-4,7H,2,5-6,8H2,1H3. The summed E-state index contributed by atoms with van der Waals surface area (Å²) < 4.78 is 59.8. The van der Waals surface area contributed by atoms with Crippen LogP contribution in [0, 0.1) is 23.5 Å². The molecule has 23 heavy (non-hydrogen) atoms. The van der Waals surface area contributed by atoms with Crippen molar-refractivity contribution in [2.45, 2.75) is 19.9 Å². The first-order chi connectivity index (χ1) is 11.0. The van der Waals surface area contributed by atoms with Crippen LogP contribution in [0.4, 0.5) is 23.2 Å². The van der Waals surface area contributed by atoms with Gasteiger partial charge < -0.3 is 9.64 Å². The molecule has 1 aliphatic rings. The van der Waals surface area contributed by atoms with E-state index in [-0.39, 0.29) is 13.1 Å². The van der Waals surface area contributed by atoms with Crippen LogP contribution in [-0.2, 0) is 13.0 Å². The number of rotatable bonds is 3. The number of hydrogen-bond acceptors (Lipinski definition) is 3. The third kappa shape index (κ3) is 2.83. The fourth-order valence-corrected chi connectivity index (χ4v) is 2.73. The van der Waals surface area contributed by atoms with Crippen molar-refractivity contribution < 1.29 is 22.3 Å². The summed E-state index contributed by atoms with van der Waals surface area (Å²) in [5.74, 6) is -5.61. The number of pyridine rings is 1. The molecule has 0 radical (unpaired) electrons. The van der Waals surface area contributed by atoms with Crippen LogP contribution in [-0.4, -0.2) is 18.1 Å². The van der Waals surface area contributed by atoms with Crippen molar-refractivity contribution in [2.75, 3.05) is 18.1 Å². The molecule has 2 heterocycles. The molecule has 3 rings (SSSR count). The Balaban J connectivity index is 1.97. The van der Waals surface area contributed by atoms with E-state index in [1.54, 1.807) is 6.07 Å². The average molecular weight is 326 g/mol. The molecule has 0 aliphatic carbocycles. The monoisotopic (exact) mass is 326 g/mol. The zero-order valence-corrected chi connectivity index (χ0v) is 12.4. The molecule has 1 aliphatic heterocycles. The molecule has 0 fully saturated rings. The van der Waals surface area contributed by atoms with Crippen molar-refractivity contribution in [1.29, 1.82) is 0 Å². The summed E-state index contributed by atoms with van der Waals surface area (Å²) in [6.07, 6.45) is 0.506. The second-order valence-corrected chi connectivity index (χ2v) is 5.21. The summed E-state index contributed by atoms with van der Waals surface area (Å²) in [4.78, 5) is 3.86. The molecule has 0 spiro atoms. The number of ether oxygens (including phenoxy) is 1. The Morgan fingerprint density at radius 1 is 1.09 bits per heavy atom. The number of fused-ring (bicyclic) bond motifs is 1. The highest BCUT2D eigenvalue weighted by Crippen LogP contribution is 2.32. The van der Waals surface area contributed by atoms with Gasteiger partial charge in [0.1, 0.15) is 11.4 Å². The lowest BCUT2D eigenvalue weighted by molar-refractivity contribution is 0.339. The van der Waals surface area contributed by atoms with Gasteiger partial charge in [0.2, 0.25) is 11.6 Å². The highest BCUT2D eigenvalue weighted by atomic mass is 19.2. The Labute approximate surface area is 130 Å². The van der Waals surface area contributed by atoms with E-state index in [0.29, 0.717) is 18.8 Å². The first-order valence-corrected chi connectivity index (χ1v) is 7.20. The molecule has 0 saturated heterocycles. The molecule has 1 aromatic carbocycles. The molecule has 0 amide bonds. The fourth-order valence-electron chi connectivity index (χ4n) is 2.73. The minimum Gasteiger partial charge on any atom is -0.494 e. The molecular formula is C16H14F4N2O. The van der Waals surface area contributed by atoms with Crippen molar-refractivity contribution in [3.63, 3.8) is 0 Å². The van der Waals surface area contributed by atoms with Gasteiger partial charge in [0.15, 0.2) is 0 Å². The molecule has 1 aromatic heterocycles. The van der Waals surface area contributed by atoms with E-state index in [4.69, 9.17) is 4.74 Å². The molecule has 0 saturated carbocycles. The molecule has 2 aromatic rings. The van der Waals surface area contributed by atoms with Crippen molar-refractivity contribution in [3.05, 3.63) is 52.9 Å². The fraction of sp³-hybridized carbons (Fsp3) is 0.312. The van der Waals surface area contributed by atoms with E-state index in [1.807, 2.05) is 19.1 Å². The lowest BCUT2D eigenvalue weighted by Gasteiger charge is -2.31. The second kappa shape index (κ2) is 6.06. The lowest BCUT2D eigenvalue weighted by atomic mass is 9.99. The lowest BCUT2D eigenvalue weighted by Crippen LogP contribution is -2.32. The number of nitrogens with zero attached hydrogens (tertiary/aromatic N) is 2. The first-order valence-electron chi connectivity index (χ1n) is 7.20. The molecule has 3 nitrogen and oxygen atoms in total. The third-order valence-corrected chi connectivity index (χ3v) is 3.79. The van der Waals surface area contributed by atoms with E-state index >= 15 is 0 Å². The molecule has 0 unspecified atom stereocenters. The van der Waals surface area contributed by atoms with Crippen LogP contribution < -0.4 is 9.64 Å². The van der Waals surface area contributed by atoms with Crippen LogP contribution in [0.2, 0.25) is 0 Å². The van der Waals surface area contributed by atoms with Gasteiger partial charge in [-0.25, -0.2) is 0 Å². The van der Waals surface area contributed by atoms with Gasteiger partial charge in [-0.05, 0) is 36.6 Å². The smallest absolute Gasteiger partial charge is 0.253 e. The largest absolute Gasteiger partial charge is 0.494 e. The zero-order chi connectivity index (χ0) is 16.6. The van der Waals surface area contributed by atoms with Gasteiger partial charge in [0.25, 0.3) is 11.9 Å². The SMILES string of the molecule is CCOc1ccc2c(c1)CN(c1c(F)c(F)nc(F)c1F)CC2. The Morgan fingerprint density at radius 2 is 1.78 bits per heavy atom. The minimum atomic E-state index is -1.65. The first kappa shape index (κ1) is 15.6. The molecule has 0 N–H and O–H groups in total. The summed E-state index contributed by atoms with van der Waals surface area (Å²) >= 11 is 0. The van der Waals surface area contributed by atoms with Gasteiger partial charge in [-0.3, -0.25) is 0 Å². The summed E-state index contributed by atoms with van der Waals surface area (Å²) in [5.41, 5.74) is 1.10. The normalized spacial score (nSPS) is 13.9. The summed E-state index contributed by atoms with van der Waals surface area (Å²) in [7, 11) is 0. The predicted octanol–water partition coefficient (Wildman–Crippen LogP) is 3.60. The van der Waals surface area contributed by atoms with Gasteiger partial charge in [-0.2, -0.15) is 22.5 Å². The summed E-state index contributed by atoms with van der Waals surface area (Å²) in [6, 6.07) is 5.48. The van der Waals surface area contributed by atoms with Crippen molar-refractivity contribution >= 4 is 5.69 Å². The molecule has 122 valence electrons. The summed E-state index contributed by atoms with van der Waals surface area (Å²) in [5, 5.41) is 0. The van der Waals surface area contributed by atoms with Crippen molar-refractivity contribution in [1.82, 2.24) is 4.98 Å². The maximum Gasteiger partial charge on any atom is 0.253 e. The molecular weight excluding hydrogens is 312 g/mol. The number of anilines is 1. The van der Waals surface area contributed by atoms with Gasteiger partial charge in [-0.1, -0.05) is 6.07 Å². The van der Waals surface area contributed by atoms with Gasteiger partial charge in [-0.15, -0.1) is 0 Å². The Morgan fingerprint density at radius 3 is 2.43 bits per heavy atom. The van der Waals surface area contributed by atoms with E-state index in [9.17, 15) is 17.6 Å². The molecule has 0 bridgehead atoms. The van der Waals surface area contributed by atoms with Crippen molar-refractivity contribution in [3.8, 4) is 5.75 Å². The summed E-state index contributed by atoms with van der Waals surface area (Å²) in [6.45, 7) is 2.72. The third-order valence-electron chi connectivity index (χ3n) is 3.79. The van der Waals surface area contributed by atoms with Crippen molar-refractivity contribution in [2.24, 2.45) is 0 Å². The topological polar surface area (TPSA) is 25.4 Å². The van der Waals surface area contributed by atoms with E-state index in [1.165, 1.54) is 4.90 Å². The van der Waals surface area contributed by atoms with E-state index in [0.717, 1.165) is 11.1 Å². The average Bonchev–Trinajstić information content (AvgIpc) is 2.53. The Bertz CT molecular complexity index is 725. The van der Waals surface area contributed by atoms with Crippen LogP contribution in [0.1, 0.15) is 18.1 Å². The van der Waals surface area contributed by atoms with Crippen LogP contribution in [0.25, 0.3) is 0 Å². The highest BCUT2D eigenvalue weighted by molar-refractivity contribution is 5.52. The maximum absolute atomic E-state index is 13.9. The number of aromatic nitrogens is 1. The van der Waals surface area contributed by atoms with Crippen LogP contribution in [0.15, 0.2) is 18.2 Å².